The summed E-state index contributed by atoms with van der Waals surface area (Å²) in [6.45, 7) is 2.75. The summed E-state index contributed by atoms with van der Waals surface area (Å²) < 4.78 is 0. The molecule has 2 aliphatic rings. The molecular formula is C18H25NO2. The van der Waals surface area contributed by atoms with Gasteiger partial charge in [0.05, 0.1) is 5.92 Å². The summed E-state index contributed by atoms with van der Waals surface area (Å²) in [5.41, 5.74) is 0.887. The minimum atomic E-state index is -0.742. The Balaban J connectivity index is 1.58. The largest absolute Gasteiger partial charge is 0.481 e. The van der Waals surface area contributed by atoms with Crippen molar-refractivity contribution in [3.63, 3.8) is 0 Å². The molecule has 0 heterocycles. The summed E-state index contributed by atoms with van der Waals surface area (Å²) in [5, 5.41) is 13.0. The number of carboxylic acids is 1. The molecule has 1 aromatic carbocycles. The maximum Gasteiger partial charge on any atom is 0.312 e. The van der Waals surface area contributed by atoms with Crippen LogP contribution < -0.4 is 5.32 Å². The third-order valence-corrected chi connectivity index (χ3v) is 5.58. The molecule has 2 bridgehead atoms. The minimum Gasteiger partial charge on any atom is -0.481 e. The van der Waals surface area contributed by atoms with Crippen molar-refractivity contribution in [1.29, 1.82) is 0 Å². The molecule has 5 unspecified atom stereocenters. The Morgan fingerprint density at radius 2 is 2.05 bits per heavy atom. The van der Waals surface area contributed by atoms with Crippen LogP contribution in [0.1, 0.15) is 44.1 Å². The first-order valence-electron chi connectivity index (χ1n) is 8.16. The van der Waals surface area contributed by atoms with Crippen molar-refractivity contribution < 1.29 is 9.90 Å². The van der Waals surface area contributed by atoms with Crippen molar-refractivity contribution in [3.8, 4) is 0 Å². The van der Waals surface area contributed by atoms with E-state index in [2.05, 4.69) is 12.2 Å². The van der Waals surface area contributed by atoms with Gasteiger partial charge in [0.25, 0.3) is 0 Å². The zero-order chi connectivity index (χ0) is 14.8. The van der Waals surface area contributed by atoms with Gasteiger partial charge in [-0.05, 0) is 49.5 Å². The van der Waals surface area contributed by atoms with Gasteiger partial charge in [0.15, 0.2) is 0 Å². The number of carboxylic acid groups (broad SMARTS) is 1. The fourth-order valence-electron chi connectivity index (χ4n) is 4.39. The number of nitrogens with one attached hydrogen (secondary N) is 1. The van der Waals surface area contributed by atoms with Crippen molar-refractivity contribution >= 4 is 5.97 Å². The third kappa shape index (κ3) is 3.13. The van der Waals surface area contributed by atoms with Crippen LogP contribution in [-0.4, -0.2) is 23.7 Å². The second kappa shape index (κ2) is 6.18. The van der Waals surface area contributed by atoms with Crippen molar-refractivity contribution in [1.82, 2.24) is 5.32 Å². The predicted octanol–water partition coefficient (Wildman–Crippen LogP) is 3.27. The van der Waals surface area contributed by atoms with E-state index < -0.39 is 11.9 Å². The van der Waals surface area contributed by atoms with E-state index in [1.54, 1.807) is 0 Å². The van der Waals surface area contributed by atoms with Crippen LogP contribution in [0, 0.1) is 17.8 Å². The topological polar surface area (TPSA) is 49.3 Å². The Hall–Kier alpha value is -1.35. The van der Waals surface area contributed by atoms with Gasteiger partial charge in [0.1, 0.15) is 0 Å². The fraction of sp³-hybridized carbons (Fsp3) is 0.611. The zero-order valence-electron chi connectivity index (χ0n) is 12.7. The van der Waals surface area contributed by atoms with Crippen LogP contribution in [0.4, 0.5) is 0 Å². The van der Waals surface area contributed by atoms with E-state index >= 15 is 0 Å². The zero-order valence-corrected chi connectivity index (χ0v) is 12.7. The lowest BCUT2D eigenvalue weighted by atomic mass is 9.83. The molecule has 1 aromatic rings. The van der Waals surface area contributed by atoms with Gasteiger partial charge in [-0.3, -0.25) is 4.79 Å². The highest BCUT2D eigenvalue weighted by molar-refractivity contribution is 5.76. The van der Waals surface area contributed by atoms with Gasteiger partial charge in [-0.25, -0.2) is 0 Å². The van der Waals surface area contributed by atoms with Gasteiger partial charge in [0, 0.05) is 12.6 Å². The normalized spacial score (nSPS) is 30.2. The van der Waals surface area contributed by atoms with Crippen LogP contribution in [0.25, 0.3) is 0 Å². The van der Waals surface area contributed by atoms with Gasteiger partial charge in [-0.1, -0.05) is 36.8 Å². The number of carbonyl (C=O) groups is 1. The molecule has 0 aromatic heterocycles. The van der Waals surface area contributed by atoms with E-state index in [4.69, 9.17) is 0 Å². The molecule has 3 rings (SSSR count). The molecule has 114 valence electrons. The number of hydrogen-bond acceptors (Lipinski definition) is 2. The van der Waals surface area contributed by atoms with Crippen LogP contribution in [-0.2, 0) is 4.79 Å². The number of fused-ring (bicyclic) bond motifs is 2. The van der Waals surface area contributed by atoms with Crippen LogP contribution in [0.3, 0.4) is 0 Å². The molecule has 2 fully saturated rings. The molecule has 2 N–H and O–H groups in total. The minimum absolute atomic E-state index is 0.422. The Morgan fingerprint density at radius 3 is 2.62 bits per heavy atom. The molecule has 2 aliphatic carbocycles. The molecule has 2 saturated carbocycles. The Labute approximate surface area is 126 Å². The van der Waals surface area contributed by atoms with Crippen molar-refractivity contribution in [3.05, 3.63) is 35.9 Å². The average molecular weight is 287 g/mol. The SMILES string of the molecule is CC(NCC(C(=O)O)c1ccccc1)C1CC2CCC1C2. The van der Waals surface area contributed by atoms with Gasteiger partial charge in [-0.2, -0.15) is 0 Å². The standard InChI is InChI=1S/C18H25NO2/c1-12(16-10-13-7-8-15(16)9-13)19-11-17(18(20)21)14-5-3-2-4-6-14/h2-6,12-13,15-17,19H,7-11H2,1H3,(H,20,21). The second-order valence-electron chi connectivity index (χ2n) is 6.84. The lowest BCUT2D eigenvalue weighted by Gasteiger charge is -2.29. The highest BCUT2D eigenvalue weighted by atomic mass is 16.4. The molecule has 5 atom stereocenters. The Kier molecular flexibility index (Phi) is 4.29. The van der Waals surface area contributed by atoms with E-state index in [1.807, 2.05) is 30.3 Å². The van der Waals surface area contributed by atoms with Crippen LogP contribution in [0.2, 0.25) is 0 Å². The predicted molar refractivity (Wildman–Crippen MR) is 83.2 cm³/mol. The lowest BCUT2D eigenvalue weighted by Crippen LogP contribution is -2.39. The molecular weight excluding hydrogens is 262 g/mol. The molecule has 0 amide bonds. The summed E-state index contributed by atoms with van der Waals surface area (Å²) >= 11 is 0. The van der Waals surface area contributed by atoms with E-state index in [0.717, 1.165) is 23.3 Å². The number of rotatable bonds is 6. The molecule has 0 aliphatic heterocycles. The van der Waals surface area contributed by atoms with Crippen molar-refractivity contribution in [2.75, 3.05) is 6.54 Å². The van der Waals surface area contributed by atoms with Crippen LogP contribution in [0.15, 0.2) is 30.3 Å². The molecule has 0 radical (unpaired) electrons. The summed E-state index contributed by atoms with van der Waals surface area (Å²) in [7, 11) is 0. The Bertz CT molecular complexity index is 487. The van der Waals surface area contributed by atoms with Gasteiger partial charge in [-0.15, -0.1) is 0 Å². The van der Waals surface area contributed by atoms with Gasteiger partial charge < -0.3 is 10.4 Å². The smallest absolute Gasteiger partial charge is 0.312 e. The fourth-order valence-corrected chi connectivity index (χ4v) is 4.39. The lowest BCUT2D eigenvalue weighted by molar-refractivity contribution is -0.138. The van der Waals surface area contributed by atoms with E-state index in [-0.39, 0.29) is 0 Å². The first-order valence-corrected chi connectivity index (χ1v) is 8.16. The third-order valence-electron chi connectivity index (χ3n) is 5.58. The summed E-state index contributed by atoms with van der Waals surface area (Å²) in [6, 6.07) is 9.97. The highest BCUT2D eigenvalue weighted by Gasteiger charge is 2.41. The highest BCUT2D eigenvalue weighted by Crippen LogP contribution is 2.49. The molecule has 0 saturated heterocycles. The maximum absolute atomic E-state index is 11.5. The van der Waals surface area contributed by atoms with Crippen LogP contribution in [0.5, 0.6) is 0 Å². The number of hydrogen-bond donors (Lipinski definition) is 2. The Morgan fingerprint density at radius 1 is 1.29 bits per heavy atom. The molecule has 21 heavy (non-hydrogen) atoms. The second-order valence-corrected chi connectivity index (χ2v) is 6.84. The van der Waals surface area contributed by atoms with E-state index in [9.17, 15) is 9.90 Å². The number of aliphatic carboxylic acids is 1. The van der Waals surface area contributed by atoms with Crippen LogP contribution >= 0.6 is 0 Å². The molecule has 3 nitrogen and oxygen atoms in total. The van der Waals surface area contributed by atoms with Gasteiger partial charge >= 0.3 is 5.97 Å². The van der Waals surface area contributed by atoms with E-state index in [0.29, 0.717) is 12.6 Å². The van der Waals surface area contributed by atoms with E-state index in [1.165, 1.54) is 25.7 Å². The maximum atomic E-state index is 11.5. The number of benzene rings is 1. The first kappa shape index (κ1) is 14.6. The monoisotopic (exact) mass is 287 g/mol. The summed E-state index contributed by atoms with van der Waals surface area (Å²) in [4.78, 5) is 11.5. The average Bonchev–Trinajstić information content (AvgIpc) is 3.11. The summed E-state index contributed by atoms with van der Waals surface area (Å²) in [5.74, 6) is 1.36. The summed E-state index contributed by atoms with van der Waals surface area (Å²) in [6.07, 6.45) is 5.53. The first-order chi connectivity index (χ1) is 10.1. The quantitative estimate of drug-likeness (QED) is 0.844. The molecule has 3 heteroatoms. The van der Waals surface area contributed by atoms with Crippen molar-refractivity contribution in [2.24, 2.45) is 17.8 Å². The van der Waals surface area contributed by atoms with Crippen molar-refractivity contribution in [2.45, 2.75) is 44.6 Å². The molecule has 0 spiro atoms. The van der Waals surface area contributed by atoms with Gasteiger partial charge in [0.2, 0.25) is 0 Å².